The molecule has 0 aliphatic heterocycles. The van der Waals surface area contributed by atoms with E-state index < -0.39 is 5.60 Å². The third kappa shape index (κ3) is 4.39. The fourth-order valence-electron chi connectivity index (χ4n) is 1.90. The minimum absolute atomic E-state index is 0.0426. The van der Waals surface area contributed by atoms with Crippen LogP contribution in [-0.2, 0) is 4.74 Å². The molecule has 0 bridgehead atoms. The molecule has 0 radical (unpaired) electrons. The average Bonchev–Trinajstić information content (AvgIpc) is 2.08. The van der Waals surface area contributed by atoms with E-state index in [1.54, 1.807) is 0 Å². The number of nitrogens with one attached hydrogen (secondary N) is 1. The largest absolute Gasteiger partial charge is 0.444 e. The van der Waals surface area contributed by atoms with Crippen molar-refractivity contribution >= 4 is 6.09 Å². The van der Waals surface area contributed by atoms with Crippen molar-refractivity contribution in [3.8, 4) is 0 Å². The second kappa shape index (κ2) is 5.04. The molecule has 0 aromatic carbocycles. The van der Waals surface area contributed by atoms with Crippen LogP contribution in [0, 0.1) is 5.92 Å². The molecular formula is C12H23NO3. The molecule has 2 N–H and O–H groups in total. The van der Waals surface area contributed by atoms with Crippen molar-refractivity contribution in [2.75, 3.05) is 0 Å². The molecular weight excluding hydrogens is 206 g/mol. The molecule has 1 aliphatic rings. The second-order valence-corrected chi connectivity index (χ2v) is 5.70. The number of hydrogen-bond donors (Lipinski definition) is 2. The summed E-state index contributed by atoms with van der Waals surface area (Å²) < 4.78 is 5.17. The van der Waals surface area contributed by atoms with Crippen molar-refractivity contribution in [1.82, 2.24) is 5.32 Å². The molecule has 4 nitrogen and oxygen atoms in total. The van der Waals surface area contributed by atoms with Gasteiger partial charge in [-0.2, -0.15) is 0 Å². The van der Waals surface area contributed by atoms with Gasteiger partial charge in [0.15, 0.2) is 0 Å². The minimum Gasteiger partial charge on any atom is -0.444 e. The molecule has 0 saturated heterocycles. The number of aliphatic hydroxyl groups excluding tert-OH is 1. The molecule has 4 heteroatoms. The lowest BCUT2D eigenvalue weighted by Gasteiger charge is -2.32. The molecule has 0 aromatic rings. The Hall–Kier alpha value is -0.770. The summed E-state index contributed by atoms with van der Waals surface area (Å²) in [6.07, 6.45) is 1.78. The van der Waals surface area contributed by atoms with Crippen molar-refractivity contribution in [3.63, 3.8) is 0 Å². The van der Waals surface area contributed by atoms with Crippen LogP contribution in [-0.4, -0.2) is 28.9 Å². The summed E-state index contributed by atoms with van der Waals surface area (Å²) in [5.41, 5.74) is -0.468. The highest BCUT2D eigenvalue weighted by atomic mass is 16.6. The number of hydrogen-bond acceptors (Lipinski definition) is 3. The van der Waals surface area contributed by atoms with E-state index in [0.29, 0.717) is 12.3 Å². The third-order valence-electron chi connectivity index (χ3n) is 2.87. The van der Waals surface area contributed by atoms with E-state index in [9.17, 15) is 9.90 Å². The van der Waals surface area contributed by atoms with Crippen LogP contribution in [0.4, 0.5) is 4.79 Å². The first-order valence-corrected chi connectivity index (χ1v) is 5.95. The number of carbonyl (C=O) groups excluding carboxylic acids is 1. The molecule has 1 fully saturated rings. The lowest BCUT2D eigenvalue weighted by Crippen LogP contribution is -2.44. The average molecular weight is 229 g/mol. The van der Waals surface area contributed by atoms with E-state index in [1.807, 2.05) is 27.7 Å². The Morgan fingerprint density at radius 3 is 2.50 bits per heavy atom. The van der Waals surface area contributed by atoms with Crippen molar-refractivity contribution < 1.29 is 14.6 Å². The standard InChI is InChI=1S/C12H23NO3/c1-8-5-6-9(7-10(8)14)13-11(15)16-12(2,3)4/h8-10,14H,5-7H2,1-4H3,(H,13,15)/t8-,9+,10-/m1/s1. The molecule has 1 saturated carbocycles. The fourth-order valence-corrected chi connectivity index (χ4v) is 1.90. The van der Waals surface area contributed by atoms with Gasteiger partial charge in [0, 0.05) is 6.04 Å². The van der Waals surface area contributed by atoms with Gasteiger partial charge in [-0.05, 0) is 46.0 Å². The van der Waals surface area contributed by atoms with E-state index >= 15 is 0 Å². The maximum atomic E-state index is 11.5. The minimum atomic E-state index is -0.468. The van der Waals surface area contributed by atoms with Gasteiger partial charge in [-0.1, -0.05) is 6.92 Å². The highest BCUT2D eigenvalue weighted by Gasteiger charge is 2.28. The Bertz CT molecular complexity index is 247. The van der Waals surface area contributed by atoms with Crippen molar-refractivity contribution in [2.24, 2.45) is 5.92 Å². The number of carbonyl (C=O) groups is 1. The van der Waals surface area contributed by atoms with Crippen molar-refractivity contribution in [3.05, 3.63) is 0 Å². The zero-order valence-electron chi connectivity index (χ0n) is 10.6. The molecule has 1 aliphatic carbocycles. The van der Waals surface area contributed by atoms with Crippen LogP contribution >= 0.6 is 0 Å². The van der Waals surface area contributed by atoms with Crippen LogP contribution in [0.1, 0.15) is 47.0 Å². The summed E-state index contributed by atoms with van der Waals surface area (Å²) >= 11 is 0. The SMILES string of the molecule is C[C@@H]1CC[C@H](NC(=O)OC(C)(C)C)C[C@H]1O. The Kier molecular flexibility index (Phi) is 4.19. The smallest absolute Gasteiger partial charge is 0.407 e. The zero-order chi connectivity index (χ0) is 12.3. The van der Waals surface area contributed by atoms with Crippen LogP contribution < -0.4 is 5.32 Å². The fraction of sp³-hybridized carbons (Fsp3) is 0.917. The van der Waals surface area contributed by atoms with E-state index in [0.717, 1.165) is 12.8 Å². The van der Waals surface area contributed by atoms with Crippen LogP contribution in [0.25, 0.3) is 0 Å². The van der Waals surface area contributed by atoms with E-state index in [4.69, 9.17) is 4.74 Å². The maximum Gasteiger partial charge on any atom is 0.407 e. The summed E-state index contributed by atoms with van der Waals surface area (Å²) in [5.74, 6) is 0.330. The van der Waals surface area contributed by atoms with Crippen LogP contribution in [0.2, 0.25) is 0 Å². The number of aliphatic hydroxyl groups is 1. The Morgan fingerprint density at radius 2 is 2.00 bits per heavy atom. The van der Waals surface area contributed by atoms with E-state index in [-0.39, 0.29) is 18.2 Å². The summed E-state index contributed by atoms with van der Waals surface area (Å²) in [6, 6.07) is 0.0426. The van der Waals surface area contributed by atoms with E-state index in [1.165, 1.54) is 0 Å². The first-order chi connectivity index (χ1) is 7.28. The molecule has 94 valence electrons. The third-order valence-corrected chi connectivity index (χ3v) is 2.87. The van der Waals surface area contributed by atoms with Crippen LogP contribution in [0.5, 0.6) is 0 Å². The normalized spacial score (nSPS) is 30.9. The number of rotatable bonds is 1. The van der Waals surface area contributed by atoms with Gasteiger partial charge >= 0.3 is 6.09 Å². The van der Waals surface area contributed by atoms with Gasteiger partial charge in [-0.15, -0.1) is 0 Å². The molecule has 16 heavy (non-hydrogen) atoms. The highest BCUT2D eigenvalue weighted by molar-refractivity contribution is 5.68. The van der Waals surface area contributed by atoms with Gasteiger partial charge in [0.05, 0.1) is 6.10 Å². The lowest BCUT2D eigenvalue weighted by molar-refractivity contribution is 0.0370. The molecule has 0 aromatic heterocycles. The number of amides is 1. The summed E-state index contributed by atoms with van der Waals surface area (Å²) in [6.45, 7) is 7.55. The Balaban J connectivity index is 2.35. The van der Waals surface area contributed by atoms with Gasteiger partial charge < -0.3 is 15.2 Å². The Morgan fingerprint density at radius 1 is 1.38 bits per heavy atom. The van der Waals surface area contributed by atoms with Gasteiger partial charge in [-0.3, -0.25) is 0 Å². The summed E-state index contributed by atoms with van der Waals surface area (Å²) in [5, 5.41) is 12.5. The first kappa shape index (κ1) is 13.3. The van der Waals surface area contributed by atoms with Gasteiger partial charge in [0.2, 0.25) is 0 Å². The zero-order valence-corrected chi connectivity index (χ0v) is 10.6. The monoisotopic (exact) mass is 229 g/mol. The Labute approximate surface area is 97.4 Å². The quantitative estimate of drug-likeness (QED) is 0.723. The molecule has 0 heterocycles. The lowest BCUT2D eigenvalue weighted by atomic mass is 9.85. The van der Waals surface area contributed by atoms with Crippen molar-refractivity contribution in [1.29, 1.82) is 0 Å². The first-order valence-electron chi connectivity index (χ1n) is 5.95. The molecule has 0 spiro atoms. The second-order valence-electron chi connectivity index (χ2n) is 5.70. The molecule has 3 atom stereocenters. The number of alkyl carbamates (subject to hydrolysis) is 1. The summed E-state index contributed by atoms with van der Waals surface area (Å²) in [7, 11) is 0. The molecule has 1 amide bonds. The maximum absolute atomic E-state index is 11.5. The van der Waals surface area contributed by atoms with Gasteiger partial charge in [0.25, 0.3) is 0 Å². The van der Waals surface area contributed by atoms with Gasteiger partial charge in [-0.25, -0.2) is 4.79 Å². The number of ether oxygens (including phenoxy) is 1. The predicted molar refractivity (Wildman–Crippen MR) is 62.2 cm³/mol. The molecule has 0 unspecified atom stereocenters. The van der Waals surface area contributed by atoms with E-state index in [2.05, 4.69) is 5.32 Å². The van der Waals surface area contributed by atoms with Crippen LogP contribution in [0.3, 0.4) is 0 Å². The van der Waals surface area contributed by atoms with Gasteiger partial charge in [0.1, 0.15) is 5.60 Å². The van der Waals surface area contributed by atoms with Crippen LogP contribution in [0.15, 0.2) is 0 Å². The van der Waals surface area contributed by atoms with Crippen molar-refractivity contribution in [2.45, 2.75) is 64.7 Å². The topological polar surface area (TPSA) is 58.6 Å². The predicted octanol–water partition coefficient (Wildman–Crippen LogP) is 2.06. The highest BCUT2D eigenvalue weighted by Crippen LogP contribution is 2.24. The molecule has 1 rings (SSSR count). The summed E-state index contributed by atoms with van der Waals surface area (Å²) in [4.78, 5) is 11.5.